The van der Waals surface area contributed by atoms with E-state index in [1.54, 1.807) is 6.07 Å². The molecule has 1 unspecified atom stereocenters. The van der Waals surface area contributed by atoms with E-state index in [9.17, 15) is 10.2 Å². The summed E-state index contributed by atoms with van der Waals surface area (Å²) in [6.07, 6.45) is 1.19. The highest BCUT2D eigenvalue weighted by molar-refractivity contribution is 6.42. The summed E-state index contributed by atoms with van der Waals surface area (Å²) in [5.74, 6) is 0.177. The molecule has 1 aliphatic rings. The van der Waals surface area contributed by atoms with Crippen molar-refractivity contribution in [1.82, 2.24) is 5.32 Å². The van der Waals surface area contributed by atoms with Crippen LogP contribution in [0.1, 0.15) is 24.3 Å². The minimum absolute atomic E-state index is 0.0391. The number of rotatable bonds is 3. The molecule has 106 valence electrons. The summed E-state index contributed by atoms with van der Waals surface area (Å²) < 4.78 is 0. The molecule has 0 bridgehead atoms. The van der Waals surface area contributed by atoms with Crippen molar-refractivity contribution in [1.29, 1.82) is 0 Å². The zero-order valence-corrected chi connectivity index (χ0v) is 12.2. The van der Waals surface area contributed by atoms with Crippen LogP contribution in [0.25, 0.3) is 0 Å². The van der Waals surface area contributed by atoms with E-state index in [-0.39, 0.29) is 18.4 Å². The Morgan fingerprint density at radius 2 is 2.11 bits per heavy atom. The van der Waals surface area contributed by atoms with Gasteiger partial charge >= 0.3 is 0 Å². The van der Waals surface area contributed by atoms with Gasteiger partial charge in [-0.3, -0.25) is 0 Å². The highest BCUT2D eigenvalue weighted by Gasteiger charge is 2.30. The molecule has 1 aromatic carbocycles. The predicted molar refractivity (Wildman–Crippen MR) is 77.9 cm³/mol. The van der Waals surface area contributed by atoms with Gasteiger partial charge in [0.25, 0.3) is 0 Å². The van der Waals surface area contributed by atoms with Gasteiger partial charge in [0.2, 0.25) is 0 Å². The maximum atomic E-state index is 10.0. The molecule has 5 heteroatoms. The average Bonchev–Trinajstić information content (AvgIpc) is 2.66. The largest absolute Gasteiger partial charge is 0.394 e. The lowest BCUT2D eigenvalue weighted by Crippen LogP contribution is -2.32. The van der Waals surface area contributed by atoms with Gasteiger partial charge in [0, 0.05) is 12.5 Å². The van der Waals surface area contributed by atoms with Crippen LogP contribution in [0.15, 0.2) is 18.2 Å². The Kier molecular flexibility index (Phi) is 5.48. The molecule has 3 atom stereocenters. The molecule has 2 rings (SSSR count). The molecule has 0 radical (unpaired) electrons. The number of nitrogens with one attached hydrogen (secondary N) is 1. The summed E-state index contributed by atoms with van der Waals surface area (Å²) in [5, 5.41) is 23.7. The van der Waals surface area contributed by atoms with Crippen LogP contribution in [0.3, 0.4) is 0 Å². The van der Waals surface area contributed by atoms with Gasteiger partial charge in [-0.2, -0.15) is 0 Å². The lowest BCUT2D eigenvalue weighted by Gasteiger charge is -2.29. The molecular weight excluding hydrogens is 285 g/mol. The van der Waals surface area contributed by atoms with E-state index in [2.05, 4.69) is 5.32 Å². The van der Waals surface area contributed by atoms with Crippen molar-refractivity contribution in [3.8, 4) is 0 Å². The second kappa shape index (κ2) is 6.91. The normalized spacial score (nSPS) is 25.9. The van der Waals surface area contributed by atoms with E-state index >= 15 is 0 Å². The maximum Gasteiger partial charge on any atom is 0.0805 e. The van der Waals surface area contributed by atoms with Crippen LogP contribution >= 0.6 is 23.2 Å². The lowest BCUT2D eigenvalue weighted by atomic mass is 9.80. The van der Waals surface area contributed by atoms with Crippen LogP contribution in [0.2, 0.25) is 10.0 Å². The van der Waals surface area contributed by atoms with E-state index in [4.69, 9.17) is 23.2 Å². The Morgan fingerprint density at radius 1 is 1.32 bits per heavy atom. The molecule has 3 N–H and O–H groups in total. The summed E-state index contributed by atoms with van der Waals surface area (Å²) in [6.45, 7) is 1.51. The minimum Gasteiger partial charge on any atom is -0.394 e. The molecule has 1 fully saturated rings. The summed E-state index contributed by atoms with van der Waals surface area (Å²) in [6, 6.07) is 5.59. The summed E-state index contributed by atoms with van der Waals surface area (Å²) in [4.78, 5) is 0. The molecule has 1 heterocycles. The predicted octanol–water partition coefficient (Wildman–Crippen LogP) is 2.43. The molecule has 1 aromatic rings. The fourth-order valence-corrected chi connectivity index (χ4v) is 3.08. The molecule has 0 aromatic heterocycles. The van der Waals surface area contributed by atoms with Crippen molar-refractivity contribution in [2.24, 2.45) is 5.92 Å². The van der Waals surface area contributed by atoms with Crippen LogP contribution in [-0.4, -0.2) is 36.0 Å². The van der Waals surface area contributed by atoms with E-state index in [1.807, 2.05) is 12.1 Å². The van der Waals surface area contributed by atoms with Gasteiger partial charge in [-0.1, -0.05) is 29.3 Å². The smallest absolute Gasteiger partial charge is 0.0805 e. The van der Waals surface area contributed by atoms with Crippen molar-refractivity contribution >= 4 is 23.2 Å². The summed E-state index contributed by atoms with van der Waals surface area (Å²) in [5.41, 5.74) is 1.06. The van der Waals surface area contributed by atoms with Crippen LogP contribution in [0.5, 0.6) is 0 Å². The zero-order chi connectivity index (χ0) is 13.8. The molecule has 0 amide bonds. The van der Waals surface area contributed by atoms with Gasteiger partial charge in [0.15, 0.2) is 0 Å². The monoisotopic (exact) mass is 303 g/mol. The van der Waals surface area contributed by atoms with Gasteiger partial charge < -0.3 is 15.5 Å². The Balaban J connectivity index is 2.28. The van der Waals surface area contributed by atoms with Crippen LogP contribution in [0.4, 0.5) is 0 Å². The van der Waals surface area contributed by atoms with E-state index in [1.165, 1.54) is 0 Å². The number of aliphatic hydroxyl groups is 2. The number of hydrogen-bond acceptors (Lipinski definition) is 3. The van der Waals surface area contributed by atoms with Gasteiger partial charge in [0.1, 0.15) is 0 Å². The van der Waals surface area contributed by atoms with Crippen molar-refractivity contribution in [3.05, 3.63) is 33.8 Å². The topological polar surface area (TPSA) is 52.5 Å². The lowest BCUT2D eigenvalue weighted by molar-refractivity contribution is 0.0348. The second-order valence-electron chi connectivity index (χ2n) is 5.04. The van der Waals surface area contributed by atoms with Crippen molar-refractivity contribution in [2.45, 2.75) is 24.9 Å². The number of benzene rings is 1. The Bertz CT molecular complexity index is 428. The number of hydrogen-bond donors (Lipinski definition) is 3. The molecule has 1 aliphatic heterocycles. The quantitative estimate of drug-likeness (QED) is 0.804. The SMILES string of the molecule is OC[C@H](O)C1CCCNC[C@H]1c1ccc(Cl)c(Cl)c1. The standard InChI is InChI=1S/C14H19Cl2NO2/c15-12-4-3-9(6-13(12)16)11-7-17-5-1-2-10(11)14(19)8-18/h3-4,6,10-11,14,17-19H,1-2,5,7-8H2/t10?,11-,14-/m0/s1. The highest BCUT2D eigenvalue weighted by atomic mass is 35.5. The van der Waals surface area contributed by atoms with Crippen molar-refractivity contribution < 1.29 is 10.2 Å². The zero-order valence-electron chi connectivity index (χ0n) is 10.6. The average molecular weight is 304 g/mol. The van der Waals surface area contributed by atoms with Gasteiger partial charge in [-0.05, 0) is 43.0 Å². The van der Waals surface area contributed by atoms with Crippen LogP contribution in [0, 0.1) is 5.92 Å². The van der Waals surface area contributed by atoms with Crippen LogP contribution < -0.4 is 5.32 Å². The molecule has 19 heavy (non-hydrogen) atoms. The Labute approximate surface area is 123 Å². The second-order valence-corrected chi connectivity index (χ2v) is 5.85. The van der Waals surface area contributed by atoms with E-state index in [0.717, 1.165) is 31.5 Å². The first-order chi connectivity index (χ1) is 9.13. The molecule has 1 saturated heterocycles. The highest BCUT2D eigenvalue weighted by Crippen LogP contribution is 2.34. The Morgan fingerprint density at radius 3 is 2.79 bits per heavy atom. The van der Waals surface area contributed by atoms with Crippen molar-refractivity contribution in [3.63, 3.8) is 0 Å². The fraction of sp³-hybridized carbons (Fsp3) is 0.571. The Hall–Kier alpha value is -0.320. The molecule has 0 saturated carbocycles. The first-order valence-electron chi connectivity index (χ1n) is 6.58. The van der Waals surface area contributed by atoms with Gasteiger partial charge in [-0.25, -0.2) is 0 Å². The third kappa shape index (κ3) is 3.61. The molecular formula is C14H19Cl2NO2. The molecule has 0 aliphatic carbocycles. The summed E-state index contributed by atoms with van der Waals surface area (Å²) >= 11 is 12.0. The van der Waals surface area contributed by atoms with E-state index < -0.39 is 6.10 Å². The van der Waals surface area contributed by atoms with Gasteiger partial charge in [-0.15, -0.1) is 0 Å². The molecule has 0 spiro atoms. The maximum absolute atomic E-state index is 10.0. The third-order valence-electron chi connectivity index (χ3n) is 3.83. The van der Waals surface area contributed by atoms with Crippen LogP contribution in [-0.2, 0) is 0 Å². The summed E-state index contributed by atoms with van der Waals surface area (Å²) in [7, 11) is 0. The van der Waals surface area contributed by atoms with E-state index in [0.29, 0.717) is 10.0 Å². The molecule has 3 nitrogen and oxygen atoms in total. The van der Waals surface area contributed by atoms with Crippen molar-refractivity contribution in [2.75, 3.05) is 19.7 Å². The number of aliphatic hydroxyl groups excluding tert-OH is 2. The first-order valence-corrected chi connectivity index (χ1v) is 7.33. The fourth-order valence-electron chi connectivity index (χ4n) is 2.78. The minimum atomic E-state index is -0.695. The number of halogens is 2. The third-order valence-corrected chi connectivity index (χ3v) is 4.56. The van der Waals surface area contributed by atoms with Gasteiger partial charge in [0.05, 0.1) is 22.8 Å². The first kappa shape index (κ1) is 15.1.